The fourth-order valence-corrected chi connectivity index (χ4v) is 3.82. The van der Waals surface area contributed by atoms with Gasteiger partial charge in [0.25, 0.3) is 0 Å². The quantitative estimate of drug-likeness (QED) is 0.864. The summed E-state index contributed by atoms with van der Waals surface area (Å²) in [6, 6.07) is 7.00. The van der Waals surface area contributed by atoms with Gasteiger partial charge >= 0.3 is 5.97 Å². The van der Waals surface area contributed by atoms with E-state index in [1.165, 1.54) is 5.01 Å². The van der Waals surface area contributed by atoms with Crippen LogP contribution in [0.15, 0.2) is 56.3 Å². The molecule has 0 saturated heterocycles. The minimum absolute atomic E-state index is 0.0277. The van der Waals surface area contributed by atoms with Gasteiger partial charge < -0.3 is 13.9 Å². The Balaban J connectivity index is 1.68. The minimum atomic E-state index is -0.999. The highest BCUT2D eigenvalue weighted by molar-refractivity contribution is 6.08. The molecule has 1 amide bonds. The lowest BCUT2D eigenvalue weighted by atomic mass is 9.79. The van der Waals surface area contributed by atoms with Crippen LogP contribution in [-0.2, 0) is 9.59 Å². The van der Waals surface area contributed by atoms with Crippen molar-refractivity contribution in [3.8, 4) is 0 Å². The second-order valence-electron chi connectivity index (χ2n) is 6.76. The number of hydrazone groups is 1. The molecule has 7 heteroatoms. The summed E-state index contributed by atoms with van der Waals surface area (Å²) in [6.45, 7) is 0. The first-order valence-electron chi connectivity index (χ1n) is 9.03. The fraction of sp³-hybridized carbons (Fsp3) is 0.350. The molecule has 0 unspecified atom stereocenters. The number of furan rings is 2. The Morgan fingerprint density at radius 1 is 1.22 bits per heavy atom. The van der Waals surface area contributed by atoms with E-state index in [4.69, 9.17) is 13.9 Å². The van der Waals surface area contributed by atoms with Gasteiger partial charge in [-0.1, -0.05) is 0 Å². The van der Waals surface area contributed by atoms with Crippen molar-refractivity contribution in [2.24, 2.45) is 11.0 Å². The second-order valence-corrected chi connectivity index (χ2v) is 6.76. The van der Waals surface area contributed by atoms with E-state index >= 15 is 0 Å². The number of carbonyl (C=O) groups excluding carboxylic acids is 1. The van der Waals surface area contributed by atoms with Crippen molar-refractivity contribution in [3.63, 3.8) is 0 Å². The molecule has 0 spiro atoms. The normalized spacial score (nSPS) is 23.3. The summed E-state index contributed by atoms with van der Waals surface area (Å²) in [5, 5.41) is 14.9. The Labute approximate surface area is 155 Å². The molecule has 1 N–H and O–H groups in total. The SMILES string of the molecule is O=C(O)CCC(=O)N1N=C2/C(=C/c3ccco3)CCC[C@H]2[C@@H]1c1ccco1. The van der Waals surface area contributed by atoms with E-state index < -0.39 is 5.97 Å². The molecule has 0 radical (unpaired) electrons. The molecular weight excluding hydrogens is 348 g/mol. The molecule has 7 nitrogen and oxygen atoms in total. The second kappa shape index (κ2) is 7.26. The summed E-state index contributed by atoms with van der Waals surface area (Å²) in [7, 11) is 0. The molecule has 3 heterocycles. The molecule has 2 atom stereocenters. The van der Waals surface area contributed by atoms with Gasteiger partial charge in [0, 0.05) is 12.3 Å². The molecule has 140 valence electrons. The van der Waals surface area contributed by atoms with E-state index in [2.05, 4.69) is 5.10 Å². The molecule has 2 aromatic rings. The van der Waals surface area contributed by atoms with Crippen molar-refractivity contribution in [1.29, 1.82) is 0 Å². The predicted molar refractivity (Wildman–Crippen MR) is 96.6 cm³/mol. The van der Waals surface area contributed by atoms with Gasteiger partial charge in [0.2, 0.25) is 5.91 Å². The summed E-state index contributed by atoms with van der Waals surface area (Å²) in [5.74, 6) is 0.138. The number of carbonyl (C=O) groups is 2. The van der Waals surface area contributed by atoms with Crippen LogP contribution in [0.5, 0.6) is 0 Å². The standard InChI is InChI=1S/C20H20N2O5/c23-17(8-9-18(24)25)22-20(16-7-3-11-27-16)15-6-1-4-13(19(15)21-22)12-14-5-2-10-26-14/h2-3,5,7,10-12,15,20H,1,4,6,8-9H2,(H,24,25)/b13-12+/t15-,20-/m1/s1. The lowest BCUT2D eigenvalue weighted by Gasteiger charge is -2.27. The maximum absolute atomic E-state index is 12.7. The molecular formula is C20H20N2O5. The Bertz CT molecular complexity index is 880. The average molecular weight is 368 g/mol. The molecule has 1 saturated carbocycles. The van der Waals surface area contributed by atoms with Gasteiger partial charge in [-0.2, -0.15) is 5.10 Å². The van der Waals surface area contributed by atoms with Gasteiger partial charge in [-0.25, -0.2) is 5.01 Å². The van der Waals surface area contributed by atoms with Gasteiger partial charge in [-0.15, -0.1) is 0 Å². The number of nitrogens with zero attached hydrogens (tertiary/aromatic N) is 2. The van der Waals surface area contributed by atoms with Crippen LogP contribution >= 0.6 is 0 Å². The molecule has 0 bridgehead atoms. The van der Waals surface area contributed by atoms with Crippen molar-refractivity contribution < 1.29 is 23.5 Å². The van der Waals surface area contributed by atoms with Crippen molar-refractivity contribution >= 4 is 23.7 Å². The van der Waals surface area contributed by atoms with E-state index in [-0.39, 0.29) is 30.7 Å². The van der Waals surface area contributed by atoms with Gasteiger partial charge in [0.1, 0.15) is 17.6 Å². The van der Waals surface area contributed by atoms with E-state index in [0.717, 1.165) is 36.3 Å². The van der Waals surface area contributed by atoms with E-state index in [1.807, 2.05) is 24.3 Å². The highest BCUT2D eigenvalue weighted by Gasteiger charge is 2.45. The van der Waals surface area contributed by atoms with Crippen molar-refractivity contribution in [2.75, 3.05) is 0 Å². The van der Waals surface area contributed by atoms with E-state index in [0.29, 0.717) is 5.76 Å². The number of hydrogen-bond donors (Lipinski definition) is 1. The summed E-state index contributed by atoms with van der Waals surface area (Å²) in [4.78, 5) is 23.6. The third-order valence-corrected chi connectivity index (χ3v) is 5.00. The molecule has 4 rings (SSSR count). The van der Waals surface area contributed by atoms with Gasteiger partial charge in [-0.3, -0.25) is 9.59 Å². The summed E-state index contributed by atoms with van der Waals surface area (Å²) >= 11 is 0. The van der Waals surface area contributed by atoms with E-state index in [9.17, 15) is 9.59 Å². The molecule has 1 aliphatic heterocycles. The minimum Gasteiger partial charge on any atom is -0.481 e. The van der Waals surface area contributed by atoms with Crippen LogP contribution in [-0.4, -0.2) is 27.7 Å². The van der Waals surface area contributed by atoms with Crippen molar-refractivity contribution in [1.82, 2.24) is 5.01 Å². The Kier molecular flexibility index (Phi) is 4.66. The van der Waals surface area contributed by atoms with Crippen molar-refractivity contribution in [3.05, 3.63) is 53.9 Å². The van der Waals surface area contributed by atoms with Crippen molar-refractivity contribution in [2.45, 2.75) is 38.1 Å². The Morgan fingerprint density at radius 2 is 2.04 bits per heavy atom. The van der Waals surface area contributed by atoms with Gasteiger partial charge in [-0.05, 0) is 55.2 Å². The van der Waals surface area contributed by atoms with Gasteiger partial charge in [0.05, 0.1) is 24.7 Å². The predicted octanol–water partition coefficient (Wildman–Crippen LogP) is 3.86. The monoisotopic (exact) mass is 368 g/mol. The largest absolute Gasteiger partial charge is 0.481 e. The average Bonchev–Trinajstić information content (AvgIpc) is 3.39. The number of aliphatic carboxylic acids is 1. The molecule has 27 heavy (non-hydrogen) atoms. The number of carboxylic acids is 1. The zero-order valence-electron chi connectivity index (χ0n) is 14.7. The van der Waals surface area contributed by atoms with Crippen LogP contribution in [0.1, 0.15) is 49.7 Å². The summed E-state index contributed by atoms with van der Waals surface area (Å²) in [6.07, 6.45) is 7.59. The van der Waals surface area contributed by atoms with Crippen LogP contribution in [0.3, 0.4) is 0 Å². The third-order valence-electron chi connectivity index (χ3n) is 5.00. The number of fused-ring (bicyclic) bond motifs is 1. The number of allylic oxidation sites excluding steroid dienone is 1. The van der Waals surface area contributed by atoms with Crippen LogP contribution in [0.4, 0.5) is 0 Å². The van der Waals surface area contributed by atoms with Crippen LogP contribution < -0.4 is 0 Å². The maximum Gasteiger partial charge on any atom is 0.303 e. The fourth-order valence-electron chi connectivity index (χ4n) is 3.82. The number of amides is 1. The maximum atomic E-state index is 12.7. The number of carboxylic acid groups (broad SMARTS) is 1. The van der Waals surface area contributed by atoms with Gasteiger partial charge in [0.15, 0.2) is 0 Å². The van der Waals surface area contributed by atoms with Crippen LogP contribution in [0.2, 0.25) is 0 Å². The Morgan fingerprint density at radius 3 is 2.74 bits per heavy atom. The first kappa shape index (κ1) is 17.3. The third kappa shape index (κ3) is 3.45. The molecule has 2 aromatic heterocycles. The lowest BCUT2D eigenvalue weighted by Crippen LogP contribution is -2.31. The zero-order valence-corrected chi connectivity index (χ0v) is 14.7. The topological polar surface area (TPSA) is 96.2 Å². The summed E-state index contributed by atoms with van der Waals surface area (Å²) in [5.41, 5.74) is 1.91. The van der Waals surface area contributed by atoms with Crippen LogP contribution in [0.25, 0.3) is 6.08 Å². The highest BCUT2D eigenvalue weighted by atomic mass is 16.4. The number of rotatable bonds is 5. The van der Waals surface area contributed by atoms with Crippen LogP contribution in [0, 0.1) is 5.92 Å². The first-order valence-corrected chi connectivity index (χ1v) is 9.03. The van der Waals surface area contributed by atoms with E-state index in [1.54, 1.807) is 18.6 Å². The number of hydrogen-bond acceptors (Lipinski definition) is 5. The first-order chi connectivity index (χ1) is 13.1. The lowest BCUT2D eigenvalue weighted by molar-refractivity contribution is -0.141. The Hall–Kier alpha value is -3.09. The molecule has 1 fully saturated rings. The zero-order chi connectivity index (χ0) is 18.8. The molecule has 2 aliphatic rings. The molecule has 0 aromatic carbocycles. The smallest absolute Gasteiger partial charge is 0.303 e. The molecule has 1 aliphatic carbocycles. The summed E-state index contributed by atoms with van der Waals surface area (Å²) < 4.78 is 11.0. The highest BCUT2D eigenvalue weighted by Crippen LogP contribution is 2.44.